The van der Waals surface area contributed by atoms with E-state index in [1.165, 1.54) is 12.8 Å². The summed E-state index contributed by atoms with van der Waals surface area (Å²) in [5.41, 5.74) is 2.08. The minimum Gasteiger partial charge on any atom is -0.520 e. The van der Waals surface area contributed by atoms with Gasteiger partial charge < -0.3 is 18.5 Å². The number of carbonyl (C=O) groups is 1. The van der Waals surface area contributed by atoms with Crippen molar-refractivity contribution in [2.75, 3.05) is 13.2 Å². The summed E-state index contributed by atoms with van der Waals surface area (Å²) in [7, 11) is -3.63. The largest absolute Gasteiger partial charge is 0.520 e. The number of nitrogens with zero attached hydrogens (tertiary/aromatic N) is 2. The number of rotatable bonds is 23. The zero-order valence-corrected chi connectivity index (χ0v) is 31.1. The summed E-state index contributed by atoms with van der Waals surface area (Å²) in [6.07, 6.45) is 21.3. The second kappa shape index (κ2) is 21.9. The van der Waals surface area contributed by atoms with Crippen molar-refractivity contribution in [3.8, 4) is 0 Å². The molecule has 1 fully saturated rings. The van der Waals surface area contributed by atoms with E-state index in [0.29, 0.717) is 19.6 Å². The summed E-state index contributed by atoms with van der Waals surface area (Å²) in [4.78, 5) is 23.6. The number of unbranched alkanes of at least 4 members (excludes halogenated alkanes) is 5. The Balaban J connectivity index is 3.15. The van der Waals surface area contributed by atoms with Gasteiger partial charge in [0.2, 0.25) is 8.32 Å². The third-order valence-electron chi connectivity index (χ3n) is 7.05. The molecule has 3 atom stereocenters. The SMILES string of the molecule is CCCCCC(/C=C/[C@H]1[C@H](O[Si](C)(C)C)C/C(=N\OCCCC)[C@@H]1C/C=C\CCCC(=O)O[Si](C)(C)C)=NOCCCC. The molecule has 0 N–H and O–H groups in total. The molecule has 0 bridgehead atoms. The van der Waals surface area contributed by atoms with Crippen molar-refractivity contribution in [2.45, 2.75) is 150 Å². The Bertz CT molecular complexity index is 890. The van der Waals surface area contributed by atoms with Gasteiger partial charge in [0, 0.05) is 24.7 Å². The van der Waals surface area contributed by atoms with Crippen molar-refractivity contribution in [3.05, 3.63) is 24.3 Å². The number of oxime groups is 2. The van der Waals surface area contributed by atoms with Gasteiger partial charge in [0.05, 0.1) is 17.5 Å². The number of hydrogen-bond donors (Lipinski definition) is 0. The monoisotopic (exact) mass is 636 g/mol. The first kappa shape index (κ1) is 39.3. The van der Waals surface area contributed by atoms with E-state index in [9.17, 15) is 4.79 Å². The van der Waals surface area contributed by atoms with Crippen molar-refractivity contribution in [1.82, 2.24) is 0 Å². The molecular weight excluding hydrogens is 573 g/mol. The van der Waals surface area contributed by atoms with Crippen LogP contribution in [0.2, 0.25) is 39.3 Å². The average molecular weight is 637 g/mol. The summed E-state index contributed by atoms with van der Waals surface area (Å²) < 4.78 is 12.3. The third kappa shape index (κ3) is 19.3. The molecule has 0 aliphatic heterocycles. The zero-order chi connectivity index (χ0) is 32.1. The van der Waals surface area contributed by atoms with Crippen LogP contribution in [0.3, 0.4) is 0 Å². The van der Waals surface area contributed by atoms with Crippen LogP contribution in [-0.2, 0) is 23.3 Å². The van der Waals surface area contributed by atoms with Crippen molar-refractivity contribution >= 4 is 34.0 Å². The first-order valence-corrected chi connectivity index (χ1v) is 23.8. The van der Waals surface area contributed by atoms with Crippen LogP contribution in [0.4, 0.5) is 0 Å². The molecule has 1 saturated carbocycles. The van der Waals surface area contributed by atoms with Crippen molar-refractivity contribution < 1.29 is 23.3 Å². The lowest BCUT2D eigenvalue weighted by Gasteiger charge is -2.28. The van der Waals surface area contributed by atoms with Crippen LogP contribution in [0, 0.1) is 11.8 Å². The maximum Gasteiger partial charge on any atom is 0.292 e. The molecule has 0 heterocycles. The molecule has 0 amide bonds. The summed E-state index contributed by atoms with van der Waals surface area (Å²) in [6, 6.07) is 0. The maximum atomic E-state index is 12.1. The second-order valence-electron chi connectivity index (χ2n) is 13.7. The fourth-order valence-electron chi connectivity index (χ4n) is 4.94. The van der Waals surface area contributed by atoms with E-state index >= 15 is 0 Å². The highest BCUT2D eigenvalue weighted by Gasteiger charge is 2.41. The molecule has 43 heavy (non-hydrogen) atoms. The van der Waals surface area contributed by atoms with Crippen LogP contribution in [0.15, 0.2) is 34.6 Å². The molecule has 0 aromatic rings. The van der Waals surface area contributed by atoms with E-state index in [4.69, 9.17) is 18.5 Å². The lowest BCUT2D eigenvalue weighted by molar-refractivity contribution is -0.135. The standard InChI is InChI=1S/C34H64N2O5Si2/c1-10-13-18-21-29(35-38-26-14-11-2)24-25-31-30(22-19-16-17-20-23-34(37)41-43(7,8)9)32(36-39-27-15-12-3)28-33(31)40-42(4,5)6/h16,19,24-25,30-31,33H,10-15,17-18,20-23,26-28H2,1-9H3/b19-16-,25-24+,35-29?,36-32+/t30-,31-,33-/m1/s1. The van der Waals surface area contributed by atoms with Gasteiger partial charge in [-0.3, -0.25) is 4.79 Å². The van der Waals surface area contributed by atoms with Gasteiger partial charge in [0.25, 0.3) is 5.97 Å². The van der Waals surface area contributed by atoms with E-state index in [1.807, 2.05) is 19.6 Å². The van der Waals surface area contributed by atoms with E-state index in [0.717, 1.165) is 75.6 Å². The molecule has 0 aromatic carbocycles. The summed E-state index contributed by atoms with van der Waals surface area (Å²) >= 11 is 0. The van der Waals surface area contributed by atoms with E-state index in [2.05, 4.69) is 75.0 Å². The quantitative estimate of drug-likeness (QED) is 0.0367. The average Bonchev–Trinajstić information content (AvgIpc) is 3.22. The Labute approximate surface area is 266 Å². The van der Waals surface area contributed by atoms with Gasteiger partial charge in [0.1, 0.15) is 13.2 Å². The normalized spacial score (nSPS) is 20.9. The lowest BCUT2D eigenvalue weighted by Crippen LogP contribution is -2.34. The zero-order valence-electron chi connectivity index (χ0n) is 29.1. The smallest absolute Gasteiger partial charge is 0.292 e. The molecule has 1 rings (SSSR count). The fourth-order valence-corrected chi connectivity index (χ4v) is 6.87. The molecule has 0 spiro atoms. The van der Waals surface area contributed by atoms with Crippen LogP contribution < -0.4 is 0 Å². The molecular formula is C34H64N2O5Si2. The van der Waals surface area contributed by atoms with Crippen molar-refractivity contribution in [1.29, 1.82) is 0 Å². The first-order chi connectivity index (χ1) is 20.4. The van der Waals surface area contributed by atoms with Crippen LogP contribution in [0.25, 0.3) is 0 Å². The molecule has 0 radical (unpaired) electrons. The van der Waals surface area contributed by atoms with Crippen LogP contribution in [0.5, 0.6) is 0 Å². The maximum absolute atomic E-state index is 12.1. The van der Waals surface area contributed by atoms with Gasteiger partial charge in [-0.1, -0.05) is 75.0 Å². The molecule has 1 aliphatic rings. The summed E-state index contributed by atoms with van der Waals surface area (Å²) in [6.45, 7) is 20.7. The highest BCUT2D eigenvalue weighted by molar-refractivity contribution is 6.71. The van der Waals surface area contributed by atoms with Gasteiger partial charge >= 0.3 is 0 Å². The van der Waals surface area contributed by atoms with Crippen LogP contribution in [0.1, 0.15) is 104 Å². The molecule has 0 saturated heterocycles. The van der Waals surface area contributed by atoms with E-state index < -0.39 is 16.6 Å². The molecule has 7 nitrogen and oxygen atoms in total. The minimum absolute atomic E-state index is 0.0593. The van der Waals surface area contributed by atoms with Crippen molar-refractivity contribution in [3.63, 3.8) is 0 Å². The molecule has 0 unspecified atom stereocenters. The Hall–Kier alpha value is -1.72. The summed E-state index contributed by atoms with van der Waals surface area (Å²) in [5, 5.41) is 9.21. The Morgan fingerprint density at radius 2 is 1.51 bits per heavy atom. The first-order valence-electron chi connectivity index (χ1n) is 17.0. The summed E-state index contributed by atoms with van der Waals surface area (Å²) in [5.74, 6) is 0.280. The number of hydrogen-bond acceptors (Lipinski definition) is 7. The molecule has 1 aliphatic carbocycles. The Kier molecular flexibility index (Phi) is 20.0. The highest BCUT2D eigenvalue weighted by Crippen LogP contribution is 2.38. The van der Waals surface area contributed by atoms with Crippen LogP contribution in [-0.4, -0.2) is 53.3 Å². The lowest BCUT2D eigenvalue weighted by atomic mass is 9.90. The second-order valence-corrected chi connectivity index (χ2v) is 22.6. The van der Waals surface area contributed by atoms with E-state index in [1.54, 1.807) is 0 Å². The molecule has 248 valence electrons. The van der Waals surface area contributed by atoms with Gasteiger partial charge in [-0.05, 0) is 90.3 Å². The molecule has 9 heteroatoms. The molecule has 0 aromatic heterocycles. The topological polar surface area (TPSA) is 78.7 Å². The van der Waals surface area contributed by atoms with Crippen molar-refractivity contribution in [2.24, 2.45) is 22.1 Å². The number of carbonyl (C=O) groups excluding carboxylic acids is 1. The van der Waals surface area contributed by atoms with Gasteiger partial charge in [-0.25, -0.2) is 0 Å². The van der Waals surface area contributed by atoms with Gasteiger partial charge in [0.15, 0.2) is 8.32 Å². The van der Waals surface area contributed by atoms with Crippen LogP contribution >= 0.6 is 0 Å². The Morgan fingerprint density at radius 3 is 2.14 bits per heavy atom. The van der Waals surface area contributed by atoms with E-state index in [-0.39, 0.29) is 23.9 Å². The number of allylic oxidation sites excluding steroid dienone is 3. The predicted molar refractivity (Wildman–Crippen MR) is 187 cm³/mol. The minimum atomic E-state index is -1.83. The Morgan fingerprint density at radius 1 is 0.837 bits per heavy atom. The van der Waals surface area contributed by atoms with Gasteiger partial charge in [-0.2, -0.15) is 0 Å². The predicted octanol–water partition coefficient (Wildman–Crippen LogP) is 9.82. The third-order valence-corrected chi connectivity index (χ3v) is 8.90. The fraction of sp³-hybridized carbons (Fsp3) is 0.794. The highest BCUT2D eigenvalue weighted by atomic mass is 28.4. The van der Waals surface area contributed by atoms with Gasteiger partial charge in [-0.15, -0.1) is 0 Å².